The Morgan fingerprint density at radius 1 is 1.43 bits per heavy atom. The van der Waals surface area contributed by atoms with Gasteiger partial charge in [0.15, 0.2) is 16.5 Å². The minimum absolute atomic E-state index is 0.207. The molecule has 3 aromatic rings. The fraction of sp³-hybridized carbons (Fsp3) is 0.267. The molecular weight excluding hydrogens is 289 g/mol. The number of ether oxygens (including phenoxy) is 1. The first-order chi connectivity index (χ1) is 10.2. The van der Waals surface area contributed by atoms with Crippen LogP contribution >= 0.6 is 11.3 Å². The van der Waals surface area contributed by atoms with Gasteiger partial charge in [0.1, 0.15) is 5.69 Å². The summed E-state index contributed by atoms with van der Waals surface area (Å²) in [5, 5.41) is 5.22. The van der Waals surface area contributed by atoms with Gasteiger partial charge in [-0.1, -0.05) is 19.1 Å². The Morgan fingerprint density at radius 3 is 3.10 bits per heavy atom. The molecule has 21 heavy (non-hydrogen) atoms. The van der Waals surface area contributed by atoms with Crippen LogP contribution in [0.25, 0.3) is 4.96 Å². The average Bonchev–Trinajstić information content (AvgIpc) is 3.03. The lowest BCUT2D eigenvalue weighted by Crippen LogP contribution is -2.13. The zero-order chi connectivity index (χ0) is 14.8. The number of thiazole rings is 1. The van der Waals surface area contributed by atoms with E-state index >= 15 is 0 Å². The van der Waals surface area contributed by atoms with Crippen LogP contribution in [0.5, 0.6) is 11.6 Å². The second kappa shape index (κ2) is 5.83. The van der Waals surface area contributed by atoms with Crippen molar-refractivity contribution in [2.45, 2.75) is 20.4 Å². The second-order valence-electron chi connectivity index (χ2n) is 4.69. The first-order valence-electron chi connectivity index (χ1n) is 6.78. The van der Waals surface area contributed by atoms with Gasteiger partial charge in [-0.05, 0) is 25.1 Å². The summed E-state index contributed by atoms with van der Waals surface area (Å²) in [5.74, 6) is 0.314. The lowest BCUT2D eigenvalue weighted by atomic mass is 10.2. The smallest absolute Gasteiger partial charge is 0.243 e. The van der Waals surface area contributed by atoms with Crippen molar-refractivity contribution >= 4 is 16.3 Å². The quantitative estimate of drug-likeness (QED) is 0.780. The molecule has 2 aromatic heterocycles. The van der Waals surface area contributed by atoms with Gasteiger partial charge < -0.3 is 10.1 Å². The van der Waals surface area contributed by atoms with Crippen LogP contribution in [0.4, 0.5) is 4.39 Å². The number of halogens is 1. The molecule has 0 saturated carbocycles. The summed E-state index contributed by atoms with van der Waals surface area (Å²) in [6.07, 6.45) is 1.94. The first-order valence-corrected chi connectivity index (χ1v) is 7.66. The van der Waals surface area contributed by atoms with Gasteiger partial charge in [0, 0.05) is 18.1 Å². The molecule has 0 aliphatic carbocycles. The van der Waals surface area contributed by atoms with Gasteiger partial charge in [-0.25, -0.2) is 4.39 Å². The van der Waals surface area contributed by atoms with E-state index in [1.165, 1.54) is 11.3 Å². The second-order valence-corrected chi connectivity index (χ2v) is 5.56. The van der Waals surface area contributed by atoms with E-state index in [-0.39, 0.29) is 11.6 Å². The fourth-order valence-electron chi connectivity index (χ4n) is 2.10. The van der Waals surface area contributed by atoms with Gasteiger partial charge in [0.2, 0.25) is 5.88 Å². The number of aromatic nitrogens is 2. The minimum Gasteiger partial charge on any atom is -0.434 e. The zero-order valence-electron chi connectivity index (χ0n) is 11.9. The molecule has 1 aromatic carbocycles. The molecule has 0 aliphatic heterocycles. The number of rotatable bonds is 5. The summed E-state index contributed by atoms with van der Waals surface area (Å²) in [6.45, 7) is 5.22. The largest absolute Gasteiger partial charge is 0.434 e. The Balaban J connectivity index is 1.99. The SMILES string of the molecule is CCNCc1c(Oc2cccc(C)c2F)nc2sccn12. The van der Waals surface area contributed by atoms with Crippen molar-refractivity contribution in [1.82, 2.24) is 14.7 Å². The van der Waals surface area contributed by atoms with Gasteiger partial charge >= 0.3 is 0 Å². The van der Waals surface area contributed by atoms with E-state index in [0.717, 1.165) is 17.2 Å². The van der Waals surface area contributed by atoms with Gasteiger partial charge in [0.05, 0.1) is 0 Å². The topological polar surface area (TPSA) is 38.6 Å². The molecule has 3 rings (SSSR count). The van der Waals surface area contributed by atoms with Gasteiger partial charge in [-0.2, -0.15) is 4.98 Å². The number of nitrogens with one attached hydrogen (secondary N) is 1. The number of nitrogens with zero attached hydrogens (tertiary/aromatic N) is 2. The summed E-state index contributed by atoms with van der Waals surface area (Å²) in [7, 11) is 0. The lowest BCUT2D eigenvalue weighted by Gasteiger charge is -2.08. The molecule has 0 radical (unpaired) electrons. The Kier molecular flexibility index (Phi) is 3.90. The van der Waals surface area contributed by atoms with Crippen LogP contribution in [0.15, 0.2) is 29.8 Å². The third-order valence-electron chi connectivity index (χ3n) is 3.23. The molecule has 6 heteroatoms. The van der Waals surface area contributed by atoms with Crippen molar-refractivity contribution in [2.24, 2.45) is 0 Å². The van der Waals surface area contributed by atoms with Crippen molar-refractivity contribution in [3.8, 4) is 11.6 Å². The van der Waals surface area contributed by atoms with Crippen LogP contribution in [0.2, 0.25) is 0 Å². The number of hydrogen-bond acceptors (Lipinski definition) is 4. The molecule has 0 unspecified atom stereocenters. The molecule has 0 aliphatic rings. The molecule has 2 heterocycles. The first kappa shape index (κ1) is 14.0. The number of hydrogen-bond donors (Lipinski definition) is 1. The minimum atomic E-state index is -0.344. The highest BCUT2D eigenvalue weighted by atomic mass is 32.1. The van der Waals surface area contributed by atoms with Crippen LogP contribution in [0, 0.1) is 12.7 Å². The average molecular weight is 305 g/mol. The van der Waals surface area contributed by atoms with Crippen molar-refractivity contribution in [3.05, 3.63) is 46.9 Å². The van der Waals surface area contributed by atoms with Crippen molar-refractivity contribution < 1.29 is 9.13 Å². The third-order valence-corrected chi connectivity index (χ3v) is 3.99. The summed E-state index contributed by atoms with van der Waals surface area (Å²) in [4.78, 5) is 5.28. The molecule has 4 nitrogen and oxygen atoms in total. The Bertz CT molecular complexity index is 765. The highest BCUT2D eigenvalue weighted by Gasteiger charge is 2.16. The van der Waals surface area contributed by atoms with Crippen LogP contribution in [-0.4, -0.2) is 15.9 Å². The van der Waals surface area contributed by atoms with Crippen molar-refractivity contribution in [1.29, 1.82) is 0 Å². The van der Waals surface area contributed by atoms with E-state index in [0.29, 0.717) is 18.0 Å². The summed E-state index contributed by atoms with van der Waals surface area (Å²) in [5.41, 5.74) is 1.45. The highest BCUT2D eigenvalue weighted by Crippen LogP contribution is 2.30. The molecule has 1 N–H and O–H groups in total. The Morgan fingerprint density at radius 2 is 2.29 bits per heavy atom. The molecule has 0 fully saturated rings. The monoisotopic (exact) mass is 305 g/mol. The third kappa shape index (κ3) is 2.64. The van der Waals surface area contributed by atoms with E-state index in [9.17, 15) is 4.39 Å². The Labute approximate surface area is 126 Å². The standard InChI is InChI=1S/C15H16FN3OS/c1-3-17-9-11-14(18-15-19(11)7-8-21-15)20-12-6-4-5-10(2)13(12)16/h4-8,17H,3,9H2,1-2H3. The number of fused-ring (bicyclic) bond motifs is 1. The Hall–Kier alpha value is -1.92. The predicted octanol–water partition coefficient (Wildman–Crippen LogP) is 3.75. The van der Waals surface area contributed by atoms with E-state index in [2.05, 4.69) is 10.3 Å². The lowest BCUT2D eigenvalue weighted by molar-refractivity contribution is 0.421. The highest BCUT2D eigenvalue weighted by molar-refractivity contribution is 7.15. The van der Waals surface area contributed by atoms with Crippen LogP contribution < -0.4 is 10.1 Å². The van der Waals surface area contributed by atoms with E-state index in [1.807, 2.05) is 22.9 Å². The molecule has 0 saturated heterocycles. The van der Waals surface area contributed by atoms with Crippen molar-refractivity contribution in [2.75, 3.05) is 6.54 Å². The molecule has 0 atom stereocenters. The van der Waals surface area contributed by atoms with Crippen LogP contribution in [0.3, 0.4) is 0 Å². The van der Waals surface area contributed by atoms with Crippen LogP contribution in [0.1, 0.15) is 18.2 Å². The van der Waals surface area contributed by atoms with E-state index in [4.69, 9.17) is 4.74 Å². The molecule has 110 valence electrons. The normalized spacial score (nSPS) is 11.2. The molecular formula is C15H16FN3OS. The van der Waals surface area contributed by atoms with Crippen molar-refractivity contribution in [3.63, 3.8) is 0 Å². The van der Waals surface area contributed by atoms with Gasteiger partial charge in [0.25, 0.3) is 0 Å². The summed E-state index contributed by atoms with van der Waals surface area (Å²) >= 11 is 1.52. The zero-order valence-corrected chi connectivity index (χ0v) is 12.7. The fourth-order valence-corrected chi connectivity index (χ4v) is 2.83. The number of benzene rings is 1. The number of imidazole rings is 1. The van der Waals surface area contributed by atoms with Gasteiger partial charge in [-0.3, -0.25) is 4.40 Å². The maximum Gasteiger partial charge on any atom is 0.243 e. The van der Waals surface area contributed by atoms with E-state index in [1.54, 1.807) is 25.1 Å². The van der Waals surface area contributed by atoms with Crippen LogP contribution in [-0.2, 0) is 6.54 Å². The van der Waals surface area contributed by atoms with E-state index < -0.39 is 0 Å². The summed E-state index contributed by atoms with van der Waals surface area (Å²) < 4.78 is 21.8. The molecule has 0 spiro atoms. The number of aryl methyl sites for hydroxylation is 1. The molecule has 0 amide bonds. The molecule has 0 bridgehead atoms. The maximum atomic E-state index is 14.1. The maximum absolute atomic E-state index is 14.1. The predicted molar refractivity (Wildman–Crippen MR) is 81.7 cm³/mol. The summed E-state index contributed by atoms with van der Waals surface area (Å²) in [6, 6.07) is 5.11. The van der Waals surface area contributed by atoms with Gasteiger partial charge in [-0.15, -0.1) is 11.3 Å².